The van der Waals surface area contributed by atoms with E-state index < -0.39 is 28.5 Å². The summed E-state index contributed by atoms with van der Waals surface area (Å²) in [6.45, 7) is 5.75. The van der Waals surface area contributed by atoms with Gasteiger partial charge in [0.05, 0.1) is 22.3 Å². The topological polar surface area (TPSA) is 138 Å². The first-order chi connectivity index (χ1) is 17.5. The summed E-state index contributed by atoms with van der Waals surface area (Å²) in [5, 5.41) is 22.7. The van der Waals surface area contributed by atoms with Crippen molar-refractivity contribution >= 4 is 45.5 Å². The quantitative estimate of drug-likeness (QED) is 0.171. The molecule has 1 aromatic heterocycles. The molecule has 3 aromatic rings. The Balaban J connectivity index is 1.58. The zero-order valence-electron chi connectivity index (χ0n) is 20.3. The summed E-state index contributed by atoms with van der Waals surface area (Å²) in [7, 11) is 0. The maximum absolute atomic E-state index is 13.9. The summed E-state index contributed by atoms with van der Waals surface area (Å²) in [6.07, 6.45) is 2.76. The van der Waals surface area contributed by atoms with Crippen LogP contribution in [0, 0.1) is 6.92 Å². The lowest BCUT2D eigenvalue weighted by Gasteiger charge is -2.29. The second kappa shape index (κ2) is 8.35. The number of hydrazine groups is 1. The number of phenols is 2. The van der Waals surface area contributed by atoms with Gasteiger partial charge >= 0.3 is 0 Å². The van der Waals surface area contributed by atoms with E-state index in [9.17, 15) is 24.6 Å². The number of allylic oxidation sites excluding steroid dienone is 4. The fourth-order valence-corrected chi connectivity index (χ4v) is 4.98. The predicted octanol–water partition coefficient (Wildman–Crippen LogP) is 4.39. The van der Waals surface area contributed by atoms with Crippen LogP contribution in [0.15, 0.2) is 53.6 Å². The molecular weight excluding hydrogens is 498 g/mol. The van der Waals surface area contributed by atoms with Crippen LogP contribution >= 0.6 is 11.6 Å². The number of carbonyl (C=O) groups excluding carboxylic acids is 3. The Bertz CT molecular complexity index is 1640. The number of benzene rings is 2. The number of hydrogen-bond donors (Lipinski definition) is 4. The largest absolute Gasteiger partial charge is 0.507 e. The fraction of sp³-hybridized carbons (Fsp3) is 0.185. The van der Waals surface area contributed by atoms with Crippen LogP contribution in [0.5, 0.6) is 17.2 Å². The van der Waals surface area contributed by atoms with Gasteiger partial charge in [-0.3, -0.25) is 19.4 Å². The minimum absolute atomic E-state index is 0.0261. The molecule has 9 nitrogen and oxygen atoms in total. The number of rotatable bonds is 4. The van der Waals surface area contributed by atoms with Gasteiger partial charge in [0.1, 0.15) is 34.0 Å². The van der Waals surface area contributed by atoms with Gasteiger partial charge in [-0.2, -0.15) is 0 Å². The highest BCUT2D eigenvalue weighted by Crippen LogP contribution is 2.57. The first kappa shape index (κ1) is 24.3. The monoisotopic (exact) mass is 519 g/mol. The fourth-order valence-electron chi connectivity index (χ4n) is 4.82. The van der Waals surface area contributed by atoms with Gasteiger partial charge in [-0.05, 0) is 52.0 Å². The molecule has 2 heterocycles. The van der Waals surface area contributed by atoms with Gasteiger partial charge in [-0.25, -0.2) is 0 Å². The molecule has 0 fully saturated rings. The third-order valence-electron chi connectivity index (χ3n) is 6.85. The highest BCUT2D eigenvalue weighted by Gasteiger charge is 2.56. The van der Waals surface area contributed by atoms with Crippen molar-refractivity contribution in [3.63, 3.8) is 0 Å². The van der Waals surface area contributed by atoms with Crippen molar-refractivity contribution in [2.24, 2.45) is 0 Å². The average Bonchev–Trinajstić information content (AvgIpc) is 3.13. The minimum Gasteiger partial charge on any atom is -0.507 e. The number of ketones is 3. The molecule has 0 unspecified atom stereocenters. The van der Waals surface area contributed by atoms with Gasteiger partial charge in [-0.15, -0.1) is 0 Å². The van der Waals surface area contributed by atoms with Crippen molar-refractivity contribution < 1.29 is 29.3 Å². The molecule has 1 aliphatic heterocycles. The standard InChI is InChI=1S/C27H22ClN3O6/c1-11-23(34)21(13(3)32)25-22(24(11)35)27(4)19(37-25)10-18(33)20(26(27)36)12(2)30-31-16-7-8-29-17-9-14(28)5-6-15(16)17/h5-10,30,34-35H,1-4H3,(H,29,31)/b20-12+/t27-/m0/s1. The smallest absolute Gasteiger partial charge is 0.194 e. The van der Waals surface area contributed by atoms with Crippen molar-refractivity contribution in [1.82, 2.24) is 10.4 Å². The molecule has 4 N–H and O–H groups in total. The van der Waals surface area contributed by atoms with E-state index in [2.05, 4.69) is 15.8 Å². The van der Waals surface area contributed by atoms with Crippen LogP contribution in [-0.4, -0.2) is 32.5 Å². The number of anilines is 1. The molecule has 0 radical (unpaired) electrons. The first-order valence-corrected chi connectivity index (χ1v) is 11.7. The number of ether oxygens (including phenoxy) is 1. The number of fused-ring (bicyclic) bond motifs is 4. The normalized spacial score (nSPS) is 19.6. The number of Topliss-reactive ketones (excluding diaryl/α,β-unsaturated/α-hetero) is 2. The Labute approximate surface area is 216 Å². The first-order valence-electron chi connectivity index (χ1n) is 11.3. The van der Waals surface area contributed by atoms with Crippen LogP contribution < -0.4 is 15.6 Å². The lowest BCUT2D eigenvalue weighted by Crippen LogP contribution is -2.41. The molecule has 188 valence electrons. The van der Waals surface area contributed by atoms with Crippen molar-refractivity contribution in [1.29, 1.82) is 0 Å². The number of aromatic hydroxyl groups is 2. The summed E-state index contributed by atoms with van der Waals surface area (Å²) in [5.74, 6) is -2.71. The third kappa shape index (κ3) is 3.46. The molecule has 37 heavy (non-hydrogen) atoms. The number of carbonyl (C=O) groups is 3. The van der Waals surface area contributed by atoms with Crippen molar-refractivity contribution in [3.05, 3.63) is 75.3 Å². The summed E-state index contributed by atoms with van der Waals surface area (Å²) in [4.78, 5) is 43.6. The highest BCUT2D eigenvalue weighted by molar-refractivity contribution is 6.32. The van der Waals surface area contributed by atoms with Crippen LogP contribution in [0.2, 0.25) is 5.02 Å². The lowest BCUT2D eigenvalue weighted by atomic mass is 9.70. The zero-order valence-corrected chi connectivity index (χ0v) is 21.1. The summed E-state index contributed by atoms with van der Waals surface area (Å²) >= 11 is 6.06. The number of nitrogens with zero attached hydrogens (tertiary/aromatic N) is 1. The van der Waals surface area contributed by atoms with Crippen molar-refractivity contribution in [2.45, 2.75) is 33.1 Å². The molecule has 0 bridgehead atoms. The molecule has 0 saturated heterocycles. The SMILES string of the molecule is CC(=O)c1c(O)c(C)c(O)c2c1OC1=CC(=O)/C(=C(/C)NNc3ccnc4cc(Cl)ccc34)C(=O)[C@@]12C. The number of halogens is 1. The van der Waals surface area contributed by atoms with E-state index in [0.717, 1.165) is 5.39 Å². The predicted molar refractivity (Wildman–Crippen MR) is 137 cm³/mol. The number of pyridine rings is 1. The van der Waals surface area contributed by atoms with Gasteiger partial charge < -0.3 is 25.8 Å². The highest BCUT2D eigenvalue weighted by atomic mass is 35.5. The molecule has 5 rings (SSSR count). The van der Waals surface area contributed by atoms with Crippen LogP contribution in [-0.2, 0) is 15.0 Å². The molecule has 2 aliphatic rings. The Kier molecular flexibility index (Phi) is 5.49. The summed E-state index contributed by atoms with van der Waals surface area (Å²) in [6, 6.07) is 6.96. The van der Waals surface area contributed by atoms with E-state index >= 15 is 0 Å². The van der Waals surface area contributed by atoms with Crippen LogP contribution in [0.1, 0.15) is 42.3 Å². The van der Waals surface area contributed by atoms with Gasteiger partial charge in [0.2, 0.25) is 0 Å². The van der Waals surface area contributed by atoms with E-state index in [0.29, 0.717) is 16.2 Å². The molecule has 1 atom stereocenters. The number of hydrogen-bond acceptors (Lipinski definition) is 9. The van der Waals surface area contributed by atoms with Crippen LogP contribution in [0.25, 0.3) is 10.9 Å². The molecule has 2 aromatic carbocycles. The van der Waals surface area contributed by atoms with Crippen molar-refractivity contribution in [2.75, 3.05) is 5.43 Å². The Morgan fingerprint density at radius 2 is 1.86 bits per heavy atom. The Hall–Kier alpha value is -4.37. The molecular formula is C27H22ClN3O6. The van der Waals surface area contributed by atoms with Crippen LogP contribution in [0.4, 0.5) is 5.69 Å². The zero-order chi connectivity index (χ0) is 26.8. The Morgan fingerprint density at radius 3 is 2.57 bits per heavy atom. The second-order valence-electron chi connectivity index (χ2n) is 9.16. The van der Waals surface area contributed by atoms with Gasteiger partial charge in [0.25, 0.3) is 0 Å². The van der Waals surface area contributed by atoms with Gasteiger partial charge in [0.15, 0.2) is 17.3 Å². The minimum atomic E-state index is -1.59. The van der Waals surface area contributed by atoms with Gasteiger partial charge in [0, 0.05) is 33.9 Å². The lowest BCUT2D eigenvalue weighted by molar-refractivity contribution is -0.123. The third-order valence-corrected chi connectivity index (χ3v) is 7.08. The molecule has 0 amide bonds. The maximum Gasteiger partial charge on any atom is 0.194 e. The maximum atomic E-state index is 13.9. The molecule has 0 saturated carbocycles. The number of aromatic nitrogens is 1. The molecule has 10 heteroatoms. The van der Waals surface area contributed by atoms with E-state index in [-0.39, 0.29) is 45.2 Å². The van der Waals surface area contributed by atoms with Crippen molar-refractivity contribution in [3.8, 4) is 17.2 Å². The number of nitrogens with one attached hydrogen (secondary N) is 2. The Morgan fingerprint density at radius 1 is 1.14 bits per heavy atom. The second-order valence-corrected chi connectivity index (χ2v) is 9.59. The molecule has 0 spiro atoms. The van der Waals surface area contributed by atoms with Crippen LogP contribution in [0.3, 0.4) is 0 Å². The van der Waals surface area contributed by atoms with E-state index in [4.69, 9.17) is 16.3 Å². The van der Waals surface area contributed by atoms with E-state index in [1.54, 1.807) is 37.4 Å². The molecule has 1 aliphatic carbocycles. The van der Waals surface area contributed by atoms with E-state index in [1.165, 1.54) is 26.8 Å². The van der Waals surface area contributed by atoms with Gasteiger partial charge in [-0.1, -0.05) is 11.6 Å². The van der Waals surface area contributed by atoms with E-state index in [1.807, 2.05) is 0 Å². The summed E-state index contributed by atoms with van der Waals surface area (Å²) < 4.78 is 5.78. The number of phenolic OH excluding ortho intramolecular Hbond substituents is 2. The summed E-state index contributed by atoms with van der Waals surface area (Å²) in [5.41, 5.74) is 5.65. The average molecular weight is 520 g/mol.